The average molecular weight is 538 g/mol. The lowest BCUT2D eigenvalue weighted by molar-refractivity contribution is 0.530. The Morgan fingerprint density at radius 3 is 1.77 bits per heavy atom. The largest absolute Gasteiger partial charge is 0.267 e. The zero-order valence-corrected chi connectivity index (χ0v) is 22.3. The van der Waals surface area contributed by atoms with E-state index in [1.807, 2.05) is 67.6 Å². The minimum Gasteiger partial charge on any atom is -0.267 e. The van der Waals surface area contributed by atoms with Crippen molar-refractivity contribution in [1.82, 2.24) is 4.31 Å². The Morgan fingerprint density at radius 2 is 1.20 bits per heavy atom. The molecule has 0 aliphatic heterocycles. The van der Waals surface area contributed by atoms with Crippen LogP contribution in [0.25, 0.3) is 37.9 Å². The first-order valence-electron chi connectivity index (χ1n) is 12.1. The standard InChI is InChI=1S/C32H19N5O2S/c1-20-6-12-26(13-7-20)40(38,39)37(2)32(25(18-35)19-36)31(24(16-33)17-34)28-15-11-23-9-8-21-4-3-5-22-10-14-27(28)30(23)29(21)22/h3-15H,1-2H3. The second-order valence-electron chi connectivity index (χ2n) is 9.18. The number of sulfonamides is 1. The highest BCUT2D eigenvalue weighted by Gasteiger charge is 2.31. The number of allylic oxidation sites excluding steroid dienone is 3. The van der Waals surface area contributed by atoms with Crippen LogP contribution in [-0.4, -0.2) is 19.8 Å². The highest BCUT2D eigenvalue weighted by atomic mass is 32.2. The second-order valence-corrected chi connectivity index (χ2v) is 11.1. The van der Waals surface area contributed by atoms with Crippen LogP contribution in [0.15, 0.2) is 101 Å². The van der Waals surface area contributed by atoms with Gasteiger partial charge in [0.15, 0.2) is 5.57 Å². The number of rotatable bonds is 5. The summed E-state index contributed by atoms with van der Waals surface area (Å²) in [4.78, 5) is -0.0708. The number of benzene rings is 5. The summed E-state index contributed by atoms with van der Waals surface area (Å²) < 4.78 is 28.4. The third kappa shape index (κ3) is 3.98. The molecule has 0 spiro atoms. The van der Waals surface area contributed by atoms with E-state index in [0.29, 0.717) is 10.9 Å². The van der Waals surface area contributed by atoms with Crippen molar-refractivity contribution in [2.75, 3.05) is 7.05 Å². The average Bonchev–Trinajstić information content (AvgIpc) is 2.97. The fraction of sp³-hybridized carbons (Fsp3) is 0.0625. The maximum absolute atomic E-state index is 13.8. The van der Waals surface area contributed by atoms with Crippen molar-refractivity contribution in [3.05, 3.63) is 107 Å². The minimum atomic E-state index is -4.31. The molecule has 8 heteroatoms. The third-order valence-electron chi connectivity index (χ3n) is 6.96. The number of aryl methyl sites for hydroxylation is 1. The minimum absolute atomic E-state index is 0.0708. The van der Waals surface area contributed by atoms with E-state index < -0.39 is 21.2 Å². The van der Waals surface area contributed by atoms with Crippen LogP contribution in [0.5, 0.6) is 0 Å². The zero-order chi connectivity index (χ0) is 28.6. The molecular weight excluding hydrogens is 518 g/mol. The van der Waals surface area contributed by atoms with Crippen LogP contribution >= 0.6 is 0 Å². The molecule has 40 heavy (non-hydrogen) atoms. The second kappa shape index (κ2) is 9.90. The Bertz CT molecular complexity index is 2140. The fourth-order valence-corrected chi connectivity index (χ4v) is 6.25. The molecule has 0 heterocycles. The molecule has 7 nitrogen and oxygen atoms in total. The van der Waals surface area contributed by atoms with E-state index in [-0.39, 0.29) is 16.2 Å². The highest BCUT2D eigenvalue weighted by Crippen LogP contribution is 2.42. The quantitative estimate of drug-likeness (QED) is 0.146. The van der Waals surface area contributed by atoms with Gasteiger partial charge in [0.05, 0.1) is 10.6 Å². The van der Waals surface area contributed by atoms with Gasteiger partial charge in [0.25, 0.3) is 10.0 Å². The lowest BCUT2D eigenvalue weighted by atomic mass is 9.87. The first kappa shape index (κ1) is 26.0. The molecule has 0 N–H and O–H groups in total. The van der Waals surface area contributed by atoms with E-state index in [9.17, 15) is 29.5 Å². The van der Waals surface area contributed by atoms with Gasteiger partial charge in [-0.25, -0.2) is 8.42 Å². The van der Waals surface area contributed by atoms with Gasteiger partial charge < -0.3 is 0 Å². The summed E-state index contributed by atoms with van der Waals surface area (Å²) in [7, 11) is -3.10. The van der Waals surface area contributed by atoms with E-state index in [0.717, 1.165) is 36.8 Å². The zero-order valence-electron chi connectivity index (χ0n) is 21.5. The summed E-state index contributed by atoms with van der Waals surface area (Å²) in [6.45, 7) is 1.82. The predicted molar refractivity (Wildman–Crippen MR) is 153 cm³/mol. The summed E-state index contributed by atoms with van der Waals surface area (Å²) in [5, 5.41) is 45.3. The van der Waals surface area contributed by atoms with Gasteiger partial charge in [-0.05, 0) is 56.9 Å². The number of nitrogens with zero attached hydrogens (tertiary/aromatic N) is 5. The molecule has 0 amide bonds. The van der Waals surface area contributed by atoms with Crippen molar-refractivity contribution in [1.29, 1.82) is 21.0 Å². The lowest BCUT2D eigenvalue weighted by Gasteiger charge is -2.26. The van der Waals surface area contributed by atoms with Crippen LogP contribution in [0, 0.1) is 52.2 Å². The smallest absolute Gasteiger partial charge is 0.264 e. The summed E-state index contributed by atoms with van der Waals surface area (Å²) in [5.41, 5.74) is -0.246. The Kier molecular flexibility index (Phi) is 6.42. The molecule has 0 aliphatic carbocycles. The van der Waals surface area contributed by atoms with E-state index in [2.05, 4.69) is 0 Å². The van der Waals surface area contributed by atoms with E-state index in [1.165, 1.54) is 19.2 Å². The van der Waals surface area contributed by atoms with Gasteiger partial charge >= 0.3 is 0 Å². The van der Waals surface area contributed by atoms with Gasteiger partial charge in [0, 0.05) is 12.6 Å². The van der Waals surface area contributed by atoms with Crippen LogP contribution in [0.2, 0.25) is 0 Å². The fourth-order valence-electron chi connectivity index (χ4n) is 5.03. The number of hydrogen-bond donors (Lipinski definition) is 0. The summed E-state index contributed by atoms with van der Waals surface area (Å²) in [6, 6.07) is 30.5. The molecule has 0 saturated carbocycles. The third-order valence-corrected chi connectivity index (χ3v) is 8.73. The molecule has 0 saturated heterocycles. The molecule has 0 aromatic heterocycles. The Labute approximate surface area is 231 Å². The van der Waals surface area contributed by atoms with E-state index in [1.54, 1.807) is 30.3 Å². The van der Waals surface area contributed by atoms with Crippen molar-refractivity contribution >= 4 is 47.9 Å². The molecule has 5 aromatic carbocycles. The molecular formula is C32H19N5O2S. The monoisotopic (exact) mass is 537 g/mol. The van der Waals surface area contributed by atoms with Gasteiger partial charge in [0.1, 0.15) is 29.8 Å². The first-order valence-corrected chi connectivity index (χ1v) is 13.5. The number of likely N-dealkylation sites (N-methyl/N-ethyl adjacent to an activating group) is 1. The number of hydrogen-bond acceptors (Lipinski definition) is 6. The Morgan fingerprint density at radius 1 is 0.675 bits per heavy atom. The molecule has 0 aliphatic rings. The van der Waals surface area contributed by atoms with Crippen molar-refractivity contribution in [3.8, 4) is 24.3 Å². The van der Waals surface area contributed by atoms with Crippen LogP contribution in [0.3, 0.4) is 0 Å². The van der Waals surface area contributed by atoms with Crippen LogP contribution in [0.1, 0.15) is 11.1 Å². The molecule has 5 rings (SSSR count). The maximum Gasteiger partial charge on any atom is 0.264 e. The van der Waals surface area contributed by atoms with Crippen molar-refractivity contribution < 1.29 is 8.42 Å². The van der Waals surface area contributed by atoms with Gasteiger partial charge in [-0.15, -0.1) is 0 Å². The van der Waals surface area contributed by atoms with Crippen molar-refractivity contribution in [2.24, 2.45) is 0 Å². The molecule has 190 valence electrons. The van der Waals surface area contributed by atoms with Gasteiger partial charge in [-0.1, -0.05) is 72.3 Å². The van der Waals surface area contributed by atoms with Gasteiger partial charge in [-0.2, -0.15) is 21.0 Å². The van der Waals surface area contributed by atoms with Crippen molar-refractivity contribution in [3.63, 3.8) is 0 Å². The van der Waals surface area contributed by atoms with Gasteiger partial charge in [-0.3, -0.25) is 4.31 Å². The van der Waals surface area contributed by atoms with E-state index >= 15 is 0 Å². The molecule has 5 aromatic rings. The van der Waals surface area contributed by atoms with Crippen LogP contribution in [-0.2, 0) is 10.0 Å². The molecule has 0 unspecified atom stereocenters. The summed E-state index contributed by atoms with van der Waals surface area (Å²) >= 11 is 0. The first-order chi connectivity index (χ1) is 19.3. The molecule has 0 fully saturated rings. The Balaban J connectivity index is 1.90. The normalized spacial score (nSPS) is 10.8. The lowest BCUT2D eigenvalue weighted by Crippen LogP contribution is -2.28. The molecule has 0 atom stereocenters. The van der Waals surface area contributed by atoms with Crippen molar-refractivity contribution in [2.45, 2.75) is 11.8 Å². The van der Waals surface area contributed by atoms with E-state index in [4.69, 9.17) is 0 Å². The molecule has 0 radical (unpaired) electrons. The number of nitriles is 4. The highest BCUT2D eigenvalue weighted by molar-refractivity contribution is 7.89. The SMILES string of the molecule is Cc1ccc(S(=O)(=O)N(C)C(=C(C#N)C#N)C(=C(C#N)C#N)c2ccc3ccc4cccc5ccc2c3c45)cc1. The summed E-state index contributed by atoms with van der Waals surface area (Å²) in [6.07, 6.45) is 0. The van der Waals surface area contributed by atoms with Gasteiger partial charge in [0.2, 0.25) is 0 Å². The van der Waals surface area contributed by atoms with Crippen LogP contribution < -0.4 is 0 Å². The maximum atomic E-state index is 13.8. The predicted octanol–water partition coefficient (Wildman–Crippen LogP) is 6.32. The van der Waals surface area contributed by atoms with Crippen LogP contribution in [0.4, 0.5) is 0 Å². The Hall–Kier alpha value is -5.67. The molecule has 0 bridgehead atoms. The topological polar surface area (TPSA) is 133 Å². The summed E-state index contributed by atoms with van der Waals surface area (Å²) in [5.74, 6) is 0.